The van der Waals surface area contributed by atoms with Crippen LogP contribution >= 0.6 is 11.3 Å². The summed E-state index contributed by atoms with van der Waals surface area (Å²) in [7, 11) is 0. The smallest absolute Gasteiger partial charge is 0.338 e. The summed E-state index contributed by atoms with van der Waals surface area (Å²) in [6, 6.07) is 14.8. The average molecular weight is 445 g/mol. The van der Waals surface area contributed by atoms with Crippen LogP contribution in [0.25, 0.3) is 15.9 Å². The molecule has 7 nitrogen and oxygen atoms in total. The molecule has 0 unspecified atom stereocenters. The first kappa shape index (κ1) is 21.3. The van der Waals surface area contributed by atoms with Gasteiger partial charge in [-0.1, -0.05) is 35.5 Å². The summed E-state index contributed by atoms with van der Waals surface area (Å²) in [5, 5.41) is 4.35. The molecule has 2 aromatic heterocycles. The molecule has 32 heavy (non-hydrogen) atoms. The van der Waals surface area contributed by atoms with Crippen LogP contribution in [0.1, 0.15) is 33.3 Å². The predicted molar refractivity (Wildman–Crippen MR) is 123 cm³/mol. The van der Waals surface area contributed by atoms with Gasteiger partial charge in [-0.25, -0.2) is 9.48 Å². The van der Waals surface area contributed by atoms with Crippen molar-refractivity contribution in [2.45, 2.75) is 20.4 Å². The first-order valence-corrected chi connectivity index (χ1v) is 10.8. The van der Waals surface area contributed by atoms with Crippen molar-refractivity contribution < 1.29 is 14.3 Å². The Balaban J connectivity index is 1.77. The topological polar surface area (TPSA) is 78.5 Å². The number of hydrogen-bond acceptors (Lipinski definition) is 5. The van der Waals surface area contributed by atoms with Crippen LogP contribution in [0.4, 0.5) is 0 Å². The van der Waals surface area contributed by atoms with Crippen LogP contribution in [0.2, 0.25) is 0 Å². The molecular formula is C24H20N4O3S. The summed E-state index contributed by atoms with van der Waals surface area (Å²) in [6.45, 7) is 4.12. The molecule has 0 atom stereocenters. The van der Waals surface area contributed by atoms with Crippen LogP contribution in [-0.4, -0.2) is 32.8 Å². The number of aromatic nitrogens is 3. The van der Waals surface area contributed by atoms with E-state index < -0.39 is 11.9 Å². The minimum atomic E-state index is -0.410. The summed E-state index contributed by atoms with van der Waals surface area (Å²) in [6.07, 6.45) is 7.07. The van der Waals surface area contributed by atoms with Crippen molar-refractivity contribution in [2.24, 2.45) is 4.99 Å². The van der Waals surface area contributed by atoms with Crippen molar-refractivity contribution in [3.8, 4) is 18.0 Å². The standard InChI is InChI=1S/C24H20N4O3S/c1-4-13-27-20-12-11-17(23(30)31-5-2)14-21(20)32-24(27)26-22(29)19-15-25-28(16(19)3)18-9-7-6-8-10-18/h1,6-12,14-15H,5,13H2,2-3H3. The van der Waals surface area contributed by atoms with E-state index in [1.54, 1.807) is 34.4 Å². The number of nitrogens with zero attached hydrogens (tertiary/aromatic N) is 4. The second-order valence-corrected chi connectivity index (χ2v) is 7.89. The molecule has 0 saturated heterocycles. The second-order valence-electron chi connectivity index (χ2n) is 6.89. The Hall–Kier alpha value is -3.96. The number of amides is 1. The summed E-state index contributed by atoms with van der Waals surface area (Å²) in [5.41, 5.74) is 3.19. The van der Waals surface area contributed by atoms with Gasteiger partial charge in [-0.3, -0.25) is 4.79 Å². The van der Waals surface area contributed by atoms with E-state index in [1.807, 2.05) is 37.3 Å². The van der Waals surface area contributed by atoms with Crippen LogP contribution in [0.3, 0.4) is 0 Å². The van der Waals surface area contributed by atoms with Crippen LogP contribution in [-0.2, 0) is 11.3 Å². The van der Waals surface area contributed by atoms with Gasteiger partial charge in [0.05, 0.1) is 52.1 Å². The van der Waals surface area contributed by atoms with Crippen LogP contribution in [0.15, 0.2) is 59.7 Å². The van der Waals surface area contributed by atoms with Gasteiger partial charge in [0.15, 0.2) is 4.80 Å². The van der Waals surface area contributed by atoms with E-state index in [4.69, 9.17) is 11.2 Å². The number of fused-ring (bicyclic) bond motifs is 1. The lowest BCUT2D eigenvalue weighted by Crippen LogP contribution is -2.16. The molecule has 0 aliphatic carbocycles. The Morgan fingerprint density at radius 3 is 2.72 bits per heavy atom. The molecule has 4 aromatic rings. The molecule has 0 N–H and O–H groups in total. The predicted octanol–water partition coefficient (Wildman–Crippen LogP) is 3.75. The highest BCUT2D eigenvalue weighted by atomic mass is 32.1. The maximum absolute atomic E-state index is 13.0. The van der Waals surface area contributed by atoms with Crippen molar-refractivity contribution in [1.29, 1.82) is 0 Å². The first-order valence-electron chi connectivity index (χ1n) is 9.96. The van der Waals surface area contributed by atoms with Gasteiger partial charge in [0.2, 0.25) is 0 Å². The Morgan fingerprint density at radius 2 is 2.00 bits per heavy atom. The lowest BCUT2D eigenvalue weighted by atomic mass is 10.2. The number of carbonyl (C=O) groups is 2. The third-order valence-corrected chi connectivity index (χ3v) is 5.92. The molecule has 0 fully saturated rings. The molecular weight excluding hydrogens is 424 g/mol. The Labute approximate surface area is 188 Å². The van der Waals surface area contributed by atoms with Crippen LogP contribution in [0.5, 0.6) is 0 Å². The molecule has 1 amide bonds. The highest BCUT2D eigenvalue weighted by Gasteiger charge is 2.16. The van der Waals surface area contributed by atoms with Gasteiger partial charge < -0.3 is 9.30 Å². The molecule has 2 aromatic carbocycles. The van der Waals surface area contributed by atoms with Crippen molar-refractivity contribution in [3.63, 3.8) is 0 Å². The summed E-state index contributed by atoms with van der Waals surface area (Å²) < 4.78 is 9.35. The number of para-hydroxylation sites is 1. The minimum absolute atomic E-state index is 0.243. The highest BCUT2D eigenvalue weighted by Crippen LogP contribution is 2.21. The van der Waals surface area contributed by atoms with Gasteiger partial charge in [-0.2, -0.15) is 10.1 Å². The molecule has 0 spiro atoms. The first-order chi connectivity index (χ1) is 15.5. The van der Waals surface area contributed by atoms with E-state index in [0.29, 0.717) is 28.2 Å². The fourth-order valence-corrected chi connectivity index (χ4v) is 4.41. The van der Waals surface area contributed by atoms with E-state index >= 15 is 0 Å². The normalized spacial score (nSPS) is 11.5. The summed E-state index contributed by atoms with van der Waals surface area (Å²) in [5.74, 6) is 1.79. The van der Waals surface area contributed by atoms with E-state index in [9.17, 15) is 9.59 Å². The molecule has 8 heteroatoms. The van der Waals surface area contributed by atoms with Crippen molar-refractivity contribution >= 4 is 33.4 Å². The second kappa shape index (κ2) is 9.04. The maximum atomic E-state index is 13.0. The highest BCUT2D eigenvalue weighted by molar-refractivity contribution is 7.16. The summed E-state index contributed by atoms with van der Waals surface area (Å²) >= 11 is 1.29. The molecule has 4 rings (SSSR count). The van der Waals surface area contributed by atoms with Crippen molar-refractivity contribution in [2.75, 3.05) is 6.61 Å². The van der Waals surface area contributed by atoms with Crippen LogP contribution < -0.4 is 4.80 Å². The fourth-order valence-electron chi connectivity index (χ4n) is 3.34. The Kier molecular flexibility index (Phi) is 6.01. The SMILES string of the molecule is C#CCn1c(=NC(=O)c2cnn(-c3ccccc3)c2C)sc2cc(C(=O)OCC)ccc21. The molecule has 0 aliphatic heterocycles. The quantitative estimate of drug-likeness (QED) is 0.347. The monoisotopic (exact) mass is 444 g/mol. The van der Waals surface area contributed by atoms with Gasteiger partial charge in [0.1, 0.15) is 0 Å². The van der Waals surface area contributed by atoms with E-state index in [-0.39, 0.29) is 6.54 Å². The molecule has 0 radical (unpaired) electrons. The Bertz CT molecular complexity index is 1420. The zero-order chi connectivity index (χ0) is 22.7. The number of hydrogen-bond donors (Lipinski definition) is 0. The number of ether oxygens (including phenoxy) is 1. The molecule has 0 saturated carbocycles. The summed E-state index contributed by atoms with van der Waals surface area (Å²) in [4.78, 5) is 29.9. The van der Waals surface area contributed by atoms with Gasteiger partial charge in [-0.15, -0.1) is 6.42 Å². The lowest BCUT2D eigenvalue weighted by Gasteiger charge is -2.04. The molecule has 160 valence electrons. The number of carbonyl (C=O) groups excluding carboxylic acids is 2. The largest absolute Gasteiger partial charge is 0.462 e. The fraction of sp³-hybridized carbons (Fsp3) is 0.167. The molecule has 0 bridgehead atoms. The van der Waals surface area contributed by atoms with Gasteiger partial charge >= 0.3 is 5.97 Å². The Morgan fingerprint density at radius 1 is 1.22 bits per heavy atom. The molecule has 0 aliphatic rings. The van der Waals surface area contributed by atoms with E-state index in [1.165, 1.54) is 17.5 Å². The number of rotatable bonds is 5. The number of benzene rings is 2. The zero-order valence-corrected chi connectivity index (χ0v) is 18.4. The van der Waals surface area contributed by atoms with Crippen LogP contribution in [0, 0.1) is 19.3 Å². The lowest BCUT2D eigenvalue weighted by molar-refractivity contribution is 0.0526. The molecule has 2 heterocycles. The number of esters is 1. The van der Waals surface area contributed by atoms with Gasteiger partial charge in [-0.05, 0) is 44.2 Å². The zero-order valence-electron chi connectivity index (χ0n) is 17.6. The third-order valence-electron chi connectivity index (χ3n) is 4.88. The van der Waals surface area contributed by atoms with Gasteiger partial charge in [0, 0.05) is 0 Å². The number of terminal acetylenes is 1. The van der Waals surface area contributed by atoms with Crippen molar-refractivity contribution in [1.82, 2.24) is 14.3 Å². The van der Waals surface area contributed by atoms with Gasteiger partial charge in [0.25, 0.3) is 5.91 Å². The average Bonchev–Trinajstić information content (AvgIpc) is 3.34. The minimum Gasteiger partial charge on any atom is -0.462 e. The van der Waals surface area contributed by atoms with E-state index in [0.717, 1.165) is 15.9 Å². The van der Waals surface area contributed by atoms with Crippen molar-refractivity contribution in [3.05, 3.63) is 76.4 Å². The van der Waals surface area contributed by atoms with E-state index in [2.05, 4.69) is 16.0 Å². The maximum Gasteiger partial charge on any atom is 0.338 e. The number of thiazole rings is 1. The third kappa shape index (κ3) is 3.98.